The largest absolute Gasteiger partial charge is 0.494 e. The van der Waals surface area contributed by atoms with Gasteiger partial charge >= 0.3 is 0 Å². The number of hydrogen-bond donors (Lipinski definition) is 0. The molecule has 6 heteroatoms. The van der Waals surface area contributed by atoms with Crippen molar-refractivity contribution in [2.24, 2.45) is 0 Å². The molecule has 1 aliphatic rings. The Hall–Kier alpha value is -2.60. The van der Waals surface area contributed by atoms with Crippen molar-refractivity contribution < 1.29 is 14.3 Å². The van der Waals surface area contributed by atoms with Gasteiger partial charge in [-0.25, -0.2) is 0 Å². The van der Waals surface area contributed by atoms with Crippen LogP contribution in [0.25, 0.3) is 5.57 Å². The Morgan fingerprint density at radius 2 is 1.85 bits per heavy atom. The van der Waals surface area contributed by atoms with Gasteiger partial charge in [0, 0.05) is 17.6 Å². The molecule has 0 bridgehead atoms. The SMILES string of the molecule is CCOc1ccc(C2=C(SC(C)C)C(=O)N(Cc3cccnc3)C2=O)cc1. The molecule has 1 aromatic carbocycles. The monoisotopic (exact) mass is 382 g/mol. The van der Waals surface area contributed by atoms with Crippen LogP contribution >= 0.6 is 11.8 Å². The summed E-state index contributed by atoms with van der Waals surface area (Å²) in [6, 6.07) is 11.0. The van der Waals surface area contributed by atoms with Gasteiger partial charge in [-0.3, -0.25) is 19.5 Å². The Morgan fingerprint density at radius 1 is 1.11 bits per heavy atom. The first-order chi connectivity index (χ1) is 13.0. The standard InChI is InChI=1S/C21H22N2O3S/c1-4-26-17-9-7-16(8-10-17)18-19(27-14(2)3)21(25)23(20(18)24)13-15-6-5-11-22-12-15/h5-12,14H,4,13H2,1-3H3. The molecular weight excluding hydrogens is 360 g/mol. The summed E-state index contributed by atoms with van der Waals surface area (Å²) in [6.07, 6.45) is 3.34. The smallest absolute Gasteiger partial charge is 0.268 e. The van der Waals surface area contributed by atoms with E-state index in [1.165, 1.54) is 16.7 Å². The fourth-order valence-electron chi connectivity index (χ4n) is 2.86. The van der Waals surface area contributed by atoms with E-state index in [2.05, 4.69) is 4.98 Å². The maximum Gasteiger partial charge on any atom is 0.268 e. The van der Waals surface area contributed by atoms with Gasteiger partial charge in [0.2, 0.25) is 0 Å². The molecule has 0 saturated heterocycles. The van der Waals surface area contributed by atoms with Gasteiger partial charge < -0.3 is 4.74 Å². The van der Waals surface area contributed by atoms with Crippen LogP contribution in [0.4, 0.5) is 0 Å². The number of benzene rings is 1. The minimum Gasteiger partial charge on any atom is -0.494 e. The molecule has 1 aromatic heterocycles. The average Bonchev–Trinajstić information content (AvgIpc) is 2.88. The van der Waals surface area contributed by atoms with Gasteiger partial charge in [0.1, 0.15) is 5.75 Å². The second-order valence-corrected chi connectivity index (χ2v) is 7.97. The highest BCUT2D eigenvalue weighted by Gasteiger charge is 2.39. The molecule has 0 saturated carbocycles. The summed E-state index contributed by atoms with van der Waals surface area (Å²) in [4.78, 5) is 32.0. The van der Waals surface area contributed by atoms with Crippen molar-refractivity contribution in [3.8, 4) is 5.75 Å². The van der Waals surface area contributed by atoms with Crippen molar-refractivity contribution in [1.82, 2.24) is 9.88 Å². The summed E-state index contributed by atoms with van der Waals surface area (Å²) in [6.45, 7) is 6.73. The van der Waals surface area contributed by atoms with Crippen molar-refractivity contribution in [3.05, 3.63) is 64.8 Å². The lowest BCUT2D eigenvalue weighted by atomic mass is 10.1. The molecule has 2 aromatic rings. The minimum atomic E-state index is -0.267. The molecule has 5 nitrogen and oxygen atoms in total. The van der Waals surface area contributed by atoms with Crippen LogP contribution < -0.4 is 4.74 Å². The molecule has 0 spiro atoms. The van der Waals surface area contributed by atoms with Crippen LogP contribution in [-0.4, -0.2) is 33.6 Å². The molecule has 2 amide bonds. The predicted octanol–water partition coefficient (Wildman–Crippen LogP) is 3.90. The van der Waals surface area contributed by atoms with Crippen molar-refractivity contribution in [2.75, 3.05) is 6.61 Å². The van der Waals surface area contributed by atoms with Crippen molar-refractivity contribution in [3.63, 3.8) is 0 Å². The van der Waals surface area contributed by atoms with Gasteiger partial charge in [-0.15, -0.1) is 11.8 Å². The van der Waals surface area contributed by atoms with E-state index in [0.29, 0.717) is 17.1 Å². The van der Waals surface area contributed by atoms with Gasteiger partial charge in [0.15, 0.2) is 0 Å². The summed E-state index contributed by atoms with van der Waals surface area (Å²) in [5.41, 5.74) is 2.01. The highest BCUT2D eigenvalue weighted by molar-refractivity contribution is 8.04. The molecule has 27 heavy (non-hydrogen) atoms. The number of carbonyl (C=O) groups excluding carboxylic acids is 2. The summed E-state index contributed by atoms with van der Waals surface area (Å²) in [5, 5.41) is 0.188. The number of hydrogen-bond acceptors (Lipinski definition) is 5. The van der Waals surface area contributed by atoms with E-state index in [-0.39, 0.29) is 23.6 Å². The molecule has 0 radical (unpaired) electrons. The first-order valence-electron chi connectivity index (χ1n) is 8.90. The Labute approximate surface area is 163 Å². The van der Waals surface area contributed by atoms with Crippen LogP contribution in [0.2, 0.25) is 0 Å². The van der Waals surface area contributed by atoms with E-state index in [0.717, 1.165) is 16.9 Å². The first-order valence-corrected chi connectivity index (χ1v) is 9.78. The number of imide groups is 1. The highest BCUT2D eigenvalue weighted by atomic mass is 32.2. The van der Waals surface area contributed by atoms with E-state index in [1.807, 2.05) is 51.1 Å². The number of pyridine rings is 1. The fraction of sp³-hybridized carbons (Fsp3) is 0.286. The van der Waals surface area contributed by atoms with Crippen LogP contribution in [0.1, 0.15) is 31.9 Å². The zero-order valence-corrected chi connectivity index (χ0v) is 16.5. The Balaban J connectivity index is 1.95. The lowest BCUT2D eigenvalue weighted by Gasteiger charge is -2.15. The van der Waals surface area contributed by atoms with E-state index >= 15 is 0 Å². The van der Waals surface area contributed by atoms with E-state index in [9.17, 15) is 9.59 Å². The number of nitrogens with zero attached hydrogens (tertiary/aromatic N) is 2. The second-order valence-electron chi connectivity index (χ2n) is 6.39. The number of amides is 2. The third-order valence-electron chi connectivity index (χ3n) is 4.00. The van der Waals surface area contributed by atoms with Crippen LogP contribution in [-0.2, 0) is 16.1 Å². The van der Waals surface area contributed by atoms with Crippen molar-refractivity contribution in [1.29, 1.82) is 0 Å². The number of rotatable bonds is 7. The zero-order chi connectivity index (χ0) is 19.4. The van der Waals surface area contributed by atoms with Crippen LogP contribution in [0.3, 0.4) is 0 Å². The normalized spacial score (nSPS) is 14.4. The molecule has 0 N–H and O–H groups in total. The van der Waals surface area contributed by atoms with Gasteiger partial charge in [-0.1, -0.05) is 32.0 Å². The lowest BCUT2D eigenvalue weighted by molar-refractivity contribution is -0.137. The minimum absolute atomic E-state index is 0.188. The Bertz CT molecular complexity index is 861. The van der Waals surface area contributed by atoms with Crippen LogP contribution in [0, 0.1) is 0 Å². The molecule has 0 atom stereocenters. The van der Waals surface area contributed by atoms with Gasteiger partial charge in [0.25, 0.3) is 11.8 Å². The third kappa shape index (κ3) is 4.22. The Morgan fingerprint density at radius 3 is 2.44 bits per heavy atom. The van der Waals surface area contributed by atoms with Crippen molar-refractivity contribution in [2.45, 2.75) is 32.6 Å². The topological polar surface area (TPSA) is 59.5 Å². The summed E-state index contributed by atoms with van der Waals surface area (Å²) in [5.74, 6) is 0.228. The van der Waals surface area contributed by atoms with Gasteiger partial charge in [-0.2, -0.15) is 0 Å². The summed E-state index contributed by atoms with van der Waals surface area (Å²) in [7, 11) is 0. The fourth-order valence-corrected chi connectivity index (χ4v) is 3.86. The van der Waals surface area contributed by atoms with Crippen LogP contribution in [0.15, 0.2) is 53.7 Å². The average molecular weight is 382 g/mol. The van der Waals surface area contributed by atoms with E-state index < -0.39 is 0 Å². The highest BCUT2D eigenvalue weighted by Crippen LogP contribution is 2.38. The zero-order valence-electron chi connectivity index (χ0n) is 15.6. The van der Waals surface area contributed by atoms with Crippen molar-refractivity contribution >= 4 is 29.1 Å². The van der Waals surface area contributed by atoms with Crippen LogP contribution in [0.5, 0.6) is 5.75 Å². The number of ether oxygens (including phenoxy) is 1. The predicted molar refractivity (Wildman–Crippen MR) is 107 cm³/mol. The number of thioether (sulfide) groups is 1. The molecule has 2 heterocycles. The number of aromatic nitrogens is 1. The van der Waals surface area contributed by atoms with E-state index in [4.69, 9.17) is 4.74 Å². The summed E-state index contributed by atoms with van der Waals surface area (Å²) >= 11 is 1.43. The second kappa shape index (κ2) is 8.39. The maximum absolute atomic E-state index is 13.1. The van der Waals surface area contributed by atoms with Gasteiger partial charge in [0.05, 0.1) is 23.6 Å². The molecule has 3 rings (SSSR count). The Kier molecular flexibility index (Phi) is 5.96. The molecule has 0 aliphatic carbocycles. The molecular formula is C21H22N2O3S. The molecule has 0 unspecified atom stereocenters. The van der Waals surface area contributed by atoms with Gasteiger partial charge in [-0.05, 0) is 36.2 Å². The maximum atomic E-state index is 13.1. The third-order valence-corrected chi connectivity index (χ3v) is 5.08. The molecule has 140 valence electrons. The number of carbonyl (C=O) groups is 2. The van der Waals surface area contributed by atoms with E-state index in [1.54, 1.807) is 18.5 Å². The first kappa shape index (κ1) is 19.2. The summed E-state index contributed by atoms with van der Waals surface area (Å²) < 4.78 is 5.47. The molecule has 0 fully saturated rings. The lowest BCUT2D eigenvalue weighted by Crippen LogP contribution is -2.31. The molecule has 1 aliphatic heterocycles. The quantitative estimate of drug-likeness (QED) is 0.680.